The number of carbonyl (C=O) groups excluding carboxylic acids is 1. The highest BCUT2D eigenvalue weighted by Gasteiger charge is 2.15. The summed E-state index contributed by atoms with van der Waals surface area (Å²) in [7, 11) is 0. The summed E-state index contributed by atoms with van der Waals surface area (Å²) < 4.78 is 19.3. The van der Waals surface area contributed by atoms with Crippen molar-refractivity contribution >= 4 is 28.6 Å². The molecule has 1 aromatic heterocycles. The summed E-state index contributed by atoms with van der Waals surface area (Å²) in [6.45, 7) is 3.07. The van der Waals surface area contributed by atoms with Gasteiger partial charge in [-0.05, 0) is 30.3 Å². The van der Waals surface area contributed by atoms with E-state index in [1.165, 1.54) is 23.6 Å². The fourth-order valence-electron chi connectivity index (χ4n) is 2.93. The molecule has 1 amide bonds. The fraction of sp³-hybridized carbons (Fsp3) is 0.200. The smallest absolute Gasteiger partial charge is 0.267 e. The molecule has 5 nitrogen and oxygen atoms in total. The summed E-state index contributed by atoms with van der Waals surface area (Å²) in [5, 5.41) is 3.38. The van der Waals surface area contributed by atoms with Crippen LogP contribution >= 0.6 is 11.3 Å². The Bertz CT molecular complexity index is 954. The minimum Gasteiger partial charge on any atom is -0.378 e. The van der Waals surface area contributed by atoms with Gasteiger partial charge in [-0.1, -0.05) is 18.2 Å². The predicted molar refractivity (Wildman–Crippen MR) is 105 cm³/mol. The van der Waals surface area contributed by atoms with Crippen molar-refractivity contribution in [3.63, 3.8) is 0 Å². The average molecular weight is 383 g/mol. The number of ether oxygens (including phenoxy) is 1. The molecule has 1 aliphatic rings. The van der Waals surface area contributed by atoms with Crippen LogP contribution in [0, 0.1) is 5.82 Å². The number of carbonyl (C=O) groups is 1. The van der Waals surface area contributed by atoms with E-state index in [4.69, 9.17) is 4.74 Å². The summed E-state index contributed by atoms with van der Waals surface area (Å²) in [4.78, 5) is 19.4. The molecular weight excluding hydrogens is 365 g/mol. The van der Waals surface area contributed by atoms with Crippen LogP contribution in [0.1, 0.15) is 9.67 Å². The molecule has 0 radical (unpaired) electrons. The Morgan fingerprint density at radius 3 is 2.78 bits per heavy atom. The van der Waals surface area contributed by atoms with Gasteiger partial charge in [-0.2, -0.15) is 0 Å². The van der Waals surface area contributed by atoms with Crippen LogP contribution in [0.2, 0.25) is 0 Å². The Morgan fingerprint density at radius 1 is 1.15 bits per heavy atom. The zero-order valence-corrected chi connectivity index (χ0v) is 15.3. The number of morpholine rings is 1. The molecule has 0 atom stereocenters. The topological polar surface area (TPSA) is 54.5 Å². The summed E-state index contributed by atoms with van der Waals surface area (Å²) >= 11 is 1.17. The summed E-state index contributed by atoms with van der Waals surface area (Å²) in [5.41, 5.74) is 2.16. The van der Waals surface area contributed by atoms with Crippen molar-refractivity contribution in [1.29, 1.82) is 0 Å². The van der Waals surface area contributed by atoms with Crippen LogP contribution in [-0.4, -0.2) is 37.2 Å². The van der Waals surface area contributed by atoms with E-state index in [0.29, 0.717) is 34.3 Å². The molecule has 0 bridgehead atoms. The van der Waals surface area contributed by atoms with Crippen molar-refractivity contribution in [3.8, 4) is 10.6 Å². The van der Waals surface area contributed by atoms with Gasteiger partial charge >= 0.3 is 0 Å². The Labute approximate surface area is 160 Å². The normalized spacial score (nSPS) is 14.2. The standard InChI is InChI=1S/C20H18FN3O2S/c21-17-7-2-1-6-16(17)20-22-13-18(27-20)19(25)23-14-4-3-5-15(12-14)24-8-10-26-11-9-24/h1-7,12-13H,8-11H2,(H,23,25). The molecule has 1 aliphatic heterocycles. The maximum absolute atomic E-state index is 13.9. The van der Waals surface area contributed by atoms with Crippen molar-refractivity contribution < 1.29 is 13.9 Å². The number of anilines is 2. The van der Waals surface area contributed by atoms with Gasteiger partial charge in [0.25, 0.3) is 5.91 Å². The minimum atomic E-state index is -0.350. The van der Waals surface area contributed by atoms with Crippen LogP contribution in [0.3, 0.4) is 0 Å². The quantitative estimate of drug-likeness (QED) is 0.739. The summed E-state index contributed by atoms with van der Waals surface area (Å²) in [5.74, 6) is -0.605. The number of benzene rings is 2. The Hall–Kier alpha value is -2.77. The number of nitrogens with zero attached hydrogens (tertiary/aromatic N) is 2. The molecule has 3 aromatic rings. The van der Waals surface area contributed by atoms with Gasteiger partial charge < -0.3 is 15.0 Å². The van der Waals surface area contributed by atoms with E-state index in [9.17, 15) is 9.18 Å². The van der Waals surface area contributed by atoms with E-state index in [2.05, 4.69) is 15.2 Å². The van der Waals surface area contributed by atoms with Gasteiger partial charge in [0.15, 0.2) is 0 Å². The molecule has 0 unspecified atom stereocenters. The maximum Gasteiger partial charge on any atom is 0.267 e. The van der Waals surface area contributed by atoms with E-state index in [-0.39, 0.29) is 11.7 Å². The molecule has 1 N–H and O–H groups in total. The van der Waals surface area contributed by atoms with E-state index in [1.54, 1.807) is 18.2 Å². The van der Waals surface area contributed by atoms with Crippen molar-refractivity contribution in [2.24, 2.45) is 0 Å². The number of amides is 1. The third-order valence-electron chi connectivity index (χ3n) is 4.31. The van der Waals surface area contributed by atoms with E-state index in [1.807, 2.05) is 24.3 Å². The largest absolute Gasteiger partial charge is 0.378 e. The minimum absolute atomic E-state index is 0.255. The van der Waals surface area contributed by atoms with Gasteiger partial charge in [-0.25, -0.2) is 9.37 Å². The summed E-state index contributed by atoms with van der Waals surface area (Å²) in [6.07, 6.45) is 1.48. The van der Waals surface area contributed by atoms with Crippen LogP contribution in [0.5, 0.6) is 0 Å². The molecule has 2 heterocycles. The monoisotopic (exact) mass is 383 g/mol. The zero-order valence-electron chi connectivity index (χ0n) is 14.5. The number of hydrogen-bond acceptors (Lipinski definition) is 5. The number of thiazole rings is 1. The van der Waals surface area contributed by atoms with E-state index < -0.39 is 0 Å². The van der Waals surface area contributed by atoms with Crippen molar-refractivity contribution in [3.05, 3.63) is 65.4 Å². The first-order valence-electron chi connectivity index (χ1n) is 8.65. The lowest BCUT2D eigenvalue weighted by Crippen LogP contribution is -2.36. The zero-order chi connectivity index (χ0) is 18.6. The van der Waals surface area contributed by atoms with Gasteiger partial charge in [0.2, 0.25) is 0 Å². The number of halogens is 1. The fourth-order valence-corrected chi connectivity index (χ4v) is 3.77. The van der Waals surface area contributed by atoms with E-state index in [0.717, 1.165) is 18.8 Å². The van der Waals surface area contributed by atoms with Gasteiger partial charge in [0.1, 0.15) is 15.7 Å². The molecule has 7 heteroatoms. The van der Waals surface area contributed by atoms with Crippen LogP contribution in [0.25, 0.3) is 10.6 Å². The van der Waals surface area contributed by atoms with Crippen LogP contribution in [0.4, 0.5) is 15.8 Å². The van der Waals surface area contributed by atoms with Gasteiger partial charge in [0.05, 0.1) is 19.4 Å². The molecule has 4 rings (SSSR count). The number of hydrogen-bond donors (Lipinski definition) is 1. The SMILES string of the molecule is O=C(Nc1cccc(N2CCOCC2)c1)c1cnc(-c2ccccc2F)s1. The van der Waals surface area contributed by atoms with Crippen LogP contribution < -0.4 is 10.2 Å². The second-order valence-electron chi connectivity index (χ2n) is 6.11. The molecule has 138 valence electrons. The highest BCUT2D eigenvalue weighted by molar-refractivity contribution is 7.17. The van der Waals surface area contributed by atoms with Crippen molar-refractivity contribution in [2.75, 3.05) is 36.5 Å². The first-order chi connectivity index (χ1) is 13.2. The van der Waals surface area contributed by atoms with Gasteiger partial charge in [0, 0.05) is 30.0 Å². The molecule has 0 saturated carbocycles. The molecule has 0 aliphatic carbocycles. The van der Waals surface area contributed by atoms with Crippen LogP contribution in [0.15, 0.2) is 54.7 Å². The second kappa shape index (κ2) is 7.85. The lowest BCUT2D eigenvalue weighted by atomic mass is 10.2. The first-order valence-corrected chi connectivity index (χ1v) is 9.47. The molecule has 2 aromatic carbocycles. The number of rotatable bonds is 4. The maximum atomic E-state index is 13.9. The summed E-state index contributed by atoms with van der Waals surface area (Å²) in [6, 6.07) is 14.1. The average Bonchev–Trinajstić information content (AvgIpc) is 3.19. The lowest BCUT2D eigenvalue weighted by molar-refractivity contribution is 0.103. The molecule has 0 spiro atoms. The number of nitrogens with one attached hydrogen (secondary N) is 1. The predicted octanol–water partition coefficient (Wildman–Crippen LogP) is 4.04. The van der Waals surface area contributed by atoms with Gasteiger partial charge in [-0.15, -0.1) is 11.3 Å². The molecule has 1 fully saturated rings. The number of aromatic nitrogens is 1. The van der Waals surface area contributed by atoms with E-state index >= 15 is 0 Å². The van der Waals surface area contributed by atoms with Crippen LogP contribution in [-0.2, 0) is 4.74 Å². The molecular formula is C20H18FN3O2S. The molecule has 27 heavy (non-hydrogen) atoms. The second-order valence-corrected chi connectivity index (χ2v) is 7.14. The van der Waals surface area contributed by atoms with Gasteiger partial charge in [-0.3, -0.25) is 4.79 Å². The Morgan fingerprint density at radius 2 is 1.96 bits per heavy atom. The third-order valence-corrected chi connectivity index (χ3v) is 5.34. The highest BCUT2D eigenvalue weighted by atomic mass is 32.1. The molecule has 1 saturated heterocycles. The Kier molecular flexibility index (Phi) is 5.13. The van der Waals surface area contributed by atoms with Crippen molar-refractivity contribution in [1.82, 2.24) is 4.98 Å². The highest BCUT2D eigenvalue weighted by Crippen LogP contribution is 2.28. The first kappa shape index (κ1) is 17.6. The Balaban J connectivity index is 1.49. The lowest BCUT2D eigenvalue weighted by Gasteiger charge is -2.29. The van der Waals surface area contributed by atoms with Crippen molar-refractivity contribution in [2.45, 2.75) is 0 Å². The third kappa shape index (κ3) is 3.99.